The first-order chi connectivity index (χ1) is 12.4. The molecule has 0 bridgehead atoms. The van der Waals surface area contributed by atoms with Crippen LogP contribution in [0.3, 0.4) is 0 Å². The van der Waals surface area contributed by atoms with E-state index in [-0.39, 0.29) is 18.2 Å². The van der Waals surface area contributed by atoms with Crippen molar-refractivity contribution in [3.63, 3.8) is 0 Å². The summed E-state index contributed by atoms with van der Waals surface area (Å²) in [6.45, 7) is 4.58. The van der Waals surface area contributed by atoms with Gasteiger partial charge in [-0.05, 0) is 35.7 Å². The Balaban J connectivity index is 1.72. The van der Waals surface area contributed by atoms with Crippen molar-refractivity contribution in [2.75, 3.05) is 16.8 Å². The van der Waals surface area contributed by atoms with E-state index >= 15 is 0 Å². The molecule has 6 heteroatoms. The van der Waals surface area contributed by atoms with Crippen LogP contribution in [0.4, 0.5) is 11.4 Å². The van der Waals surface area contributed by atoms with Crippen LogP contribution in [-0.4, -0.2) is 18.4 Å². The molecule has 26 heavy (non-hydrogen) atoms. The summed E-state index contributed by atoms with van der Waals surface area (Å²) in [5.41, 5.74) is 2.40. The minimum Gasteiger partial charge on any atom is -0.323 e. The number of para-hydroxylation sites is 1. The lowest BCUT2D eigenvalue weighted by Gasteiger charge is -2.18. The Hall–Kier alpha value is -2.04. The highest BCUT2D eigenvalue weighted by Crippen LogP contribution is 2.32. The molecule has 2 aromatic carbocycles. The highest BCUT2D eigenvalue weighted by Gasteiger charge is 2.35. The number of nitrogens with one attached hydrogen (secondary N) is 1. The fourth-order valence-corrected chi connectivity index (χ4v) is 3.51. The lowest BCUT2D eigenvalue weighted by molar-refractivity contribution is -0.122. The zero-order chi connectivity index (χ0) is 18.8. The molecule has 2 aromatic rings. The van der Waals surface area contributed by atoms with Gasteiger partial charge in [-0.25, -0.2) is 0 Å². The van der Waals surface area contributed by atoms with Gasteiger partial charge in [-0.1, -0.05) is 55.2 Å². The number of benzene rings is 2. The molecule has 1 aliphatic heterocycles. The number of anilines is 2. The van der Waals surface area contributed by atoms with Gasteiger partial charge in [0, 0.05) is 18.7 Å². The Kier molecular flexibility index (Phi) is 5.54. The molecule has 0 spiro atoms. The fourth-order valence-electron chi connectivity index (χ4n) is 3.01. The van der Waals surface area contributed by atoms with E-state index in [0.717, 1.165) is 5.69 Å². The standard InChI is InChI=1S/C20H20Cl2N2O2/c1-12(2)13-6-8-15(9-7-13)24-11-14(10-18(24)25)20(26)23-19-16(21)4-3-5-17(19)22/h3-9,12,14H,10-11H2,1-2H3,(H,23,26). The molecule has 0 aromatic heterocycles. The third kappa shape index (κ3) is 3.87. The molecule has 4 nitrogen and oxygen atoms in total. The summed E-state index contributed by atoms with van der Waals surface area (Å²) in [4.78, 5) is 26.6. The molecule has 1 N–H and O–H groups in total. The second kappa shape index (κ2) is 7.68. The summed E-state index contributed by atoms with van der Waals surface area (Å²) >= 11 is 12.2. The number of halogens is 2. The van der Waals surface area contributed by atoms with E-state index in [4.69, 9.17) is 23.2 Å². The summed E-state index contributed by atoms with van der Waals surface area (Å²) in [6.07, 6.45) is 0.167. The molecule has 1 heterocycles. The minimum absolute atomic E-state index is 0.0623. The van der Waals surface area contributed by atoms with Crippen molar-refractivity contribution >= 4 is 46.4 Å². The molecule has 1 unspecified atom stereocenters. The first-order valence-corrected chi connectivity index (χ1v) is 9.27. The second-order valence-electron chi connectivity index (χ2n) is 6.74. The molecule has 0 saturated carbocycles. The lowest BCUT2D eigenvalue weighted by atomic mass is 10.0. The highest BCUT2D eigenvalue weighted by atomic mass is 35.5. The van der Waals surface area contributed by atoms with E-state index in [0.29, 0.717) is 28.2 Å². The Labute approximate surface area is 163 Å². The average Bonchev–Trinajstić information content (AvgIpc) is 3.00. The number of carbonyl (C=O) groups excluding carboxylic acids is 2. The minimum atomic E-state index is -0.445. The monoisotopic (exact) mass is 390 g/mol. The third-order valence-electron chi connectivity index (χ3n) is 4.58. The average molecular weight is 391 g/mol. The van der Waals surface area contributed by atoms with Crippen LogP contribution in [0.5, 0.6) is 0 Å². The number of carbonyl (C=O) groups is 2. The van der Waals surface area contributed by atoms with Crippen LogP contribution in [0.2, 0.25) is 10.0 Å². The molecule has 1 saturated heterocycles. The van der Waals surface area contributed by atoms with Crippen molar-refractivity contribution in [2.24, 2.45) is 5.92 Å². The molecular weight excluding hydrogens is 371 g/mol. The van der Waals surface area contributed by atoms with Crippen molar-refractivity contribution in [2.45, 2.75) is 26.2 Å². The zero-order valence-electron chi connectivity index (χ0n) is 14.6. The van der Waals surface area contributed by atoms with Gasteiger partial charge in [0.2, 0.25) is 11.8 Å². The number of amides is 2. The predicted molar refractivity (Wildman–Crippen MR) is 106 cm³/mol. The van der Waals surface area contributed by atoms with Crippen LogP contribution in [0.1, 0.15) is 31.7 Å². The topological polar surface area (TPSA) is 49.4 Å². The molecule has 1 fully saturated rings. The van der Waals surface area contributed by atoms with Crippen LogP contribution in [-0.2, 0) is 9.59 Å². The Morgan fingerprint density at radius 2 is 1.73 bits per heavy atom. The first kappa shape index (κ1) is 18.7. The van der Waals surface area contributed by atoms with E-state index in [2.05, 4.69) is 19.2 Å². The van der Waals surface area contributed by atoms with Gasteiger partial charge >= 0.3 is 0 Å². The first-order valence-electron chi connectivity index (χ1n) is 8.52. The number of nitrogens with zero attached hydrogens (tertiary/aromatic N) is 1. The zero-order valence-corrected chi connectivity index (χ0v) is 16.1. The van der Waals surface area contributed by atoms with Crippen molar-refractivity contribution in [1.82, 2.24) is 0 Å². The molecule has 0 aliphatic carbocycles. The third-order valence-corrected chi connectivity index (χ3v) is 5.21. The maximum absolute atomic E-state index is 12.6. The van der Waals surface area contributed by atoms with Crippen LogP contribution >= 0.6 is 23.2 Å². The van der Waals surface area contributed by atoms with Gasteiger partial charge in [-0.3, -0.25) is 9.59 Å². The van der Waals surface area contributed by atoms with Gasteiger partial charge in [0.1, 0.15) is 0 Å². The number of hydrogen-bond donors (Lipinski definition) is 1. The van der Waals surface area contributed by atoms with Crippen molar-refractivity contribution in [3.05, 3.63) is 58.1 Å². The Morgan fingerprint density at radius 3 is 2.31 bits per heavy atom. The van der Waals surface area contributed by atoms with Gasteiger partial charge in [-0.15, -0.1) is 0 Å². The smallest absolute Gasteiger partial charge is 0.229 e. The molecule has 1 aliphatic rings. The molecule has 1 atom stereocenters. The second-order valence-corrected chi connectivity index (χ2v) is 7.55. The van der Waals surface area contributed by atoms with Crippen molar-refractivity contribution in [1.29, 1.82) is 0 Å². The largest absolute Gasteiger partial charge is 0.323 e. The molecule has 136 valence electrons. The SMILES string of the molecule is CC(C)c1ccc(N2CC(C(=O)Nc3c(Cl)cccc3Cl)CC2=O)cc1. The van der Waals surface area contributed by atoms with Crippen LogP contribution < -0.4 is 10.2 Å². The van der Waals surface area contributed by atoms with E-state index in [1.807, 2.05) is 24.3 Å². The molecular formula is C20H20Cl2N2O2. The van der Waals surface area contributed by atoms with Crippen molar-refractivity contribution < 1.29 is 9.59 Å². The fraction of sp³-hybridized carbons (Fsp3) is 0.300. The van der Waals surface area contributed by atoms with Gasteiger partial charge in [0.05, 0.1) is 21.7 Å². The van der Waals surface area contributed by atoms with E-state index in [1.165, 1.54) is 5.56 Å². The Morgan fingerprint density at radius 1 is 1.12 bits per heavy atom. The lowest BCUT2D eigenvalue weighted by Crippen LogP contribution is -2.28. The number of hydrogen-bond acceptors (Lipinski definition) is 2. The normalized spacial score (nSPS) is 17.0. The van der Waals surface area contributed by atoms with E-state index in [1.54, 1.807) is 23.1 Å². The summed E-state index contributed by atoms with van der Waals surface area (Å²) in [5, 5.41) is 3.50. The van der Waals surface area contributed by atoms with Gasteiger partial charge in [-0.2, -0.15) is 0 Å². The maximum Gasteiger partial charge on any atom is 0.229 e. The molecule has 0 radical (unpaired) electrons. The van der Waals surface area contributed by atoms with Crippen molar-refractivity contribution in [3.8, 4) is 0 Å². The van der Waals surface area contributed by atoms with Gasteiger partial charge in [0.25, 0.3) is 0 Å². The quantitative estimate of drug-likeness (QED) is 0.788. The summed E-state index contributed by atoms with van der Waals surface area (Å²) in [5.74, 6) is -0.334. The summed E-state index contributed by atoms with van der Waals surface area (Å²) in [6, 6.07) is 12.9. The maximum atomic E-state index is 12.6. The van der Waals surface area contributed by atoms with Gasteiger partial charge < -0.3 is 10.2 Å². The van der Waals surface area contributed by atoms with E-state index in [9.17, 15) is 9.59 Å². The highest BCUT2D eigenvalue weighted by molar-refractivity contribution is 6.39. The van der Waals surface area contributed by atoms with Crippen LogP contribution in [0.15, 0.2) is 42.5 Å². The van der Waals surface area contributed by atoms with E-state index < -0.39 is 5.92 Å². The number of rotatable bonds is 4. The van der Waals surface area contributed by atoms with Gasteiger partial charge in [0.15, 0.2) is 0 Å². The molecule has 2 amide bonds. The Bertz CT molecular complexity index is 814. The predicted octanol–water partition coefficient (Wildman–Crippen LogP) is 5.11. The van der Waals surface area contributed by atoms with Crippen LogP contribution in [0.25, 0.3) is 0 Å². The summed E-state index contributed by atoms with van der Waals surface area (Å²) in [7, 11) is 0. The summed E-state index contributed by atoms with van der Waals surface area (Å²) < 4.78 is 0. The molecule has 3 rings (SSSR count). The van der Waals surface area contributed by atoms with Crippen LogP contribution in [0, 0.1) is 5.92 Å².